The van der Waals surface area contributed by atoms with Gasteiger partial charge in [0.05, 0.1) is 0 Å². The highest BCUT2D eigenvalue weighted by molar-refractivity contribution is 5.78. The van der Waals surface area contributed by atoms with Crippen molar-refractivity contribution < 1.29 is 9.59 Å². The number of carbonyl (C=O) groups excluding carboxylic acids is 2. The first kappa shape index (κ1) is 14.9. The van der Waals surface area contributed by atoms with Gasteiger partial charge in [-0.3, -0.25) is 9.59 Å². The number of hydrogen-bond acceptors (Lipinski definition) is 2. The molecule has 1 N–H and O–H groups in total. The van der Waals surface area contributed by atoms with Crippen LogP contribution in [0.25, 0.3) is 0 Å². The van der Waals surface area contributed by atoms with Crippen molar-refractivity contribution in [3.8, 4) is 0 Å². The molecular formula is C12H24N2O2. The maximum atomic E-state index is 11.8. The van der Waals surface area contributed by atoms with E-state index in [4.69, 9.17) is 0 Å². The zero-order valence-corrected chi connectivity index (χ0v) is 10.7. The molecule has 4 heteroatoms. The van der Waals surface area contributed by atoms with Crippen molar-refractivity contribution in [2.75, 3.05) is 19.6 Å². The molecule has 0 spiro atoms. The van der Waals surface area contributed by atoms with Crippen LogP contribution < -0.4 is 5.32 Å². The predicted octanol–water partition coefficient (Wildman–Crippen LogP) is 1.55. The van der Waals surface area contributed by atoms with E-state index in [1.807, 2.05) is 4.90 Å². The number of rotatable bonds is 8. The summed E-state index contributed by atoms with van der Waals surface area (Å²) in [5.74, 6) is 0.144. The fourth-order valence-corrected chi connectivity index (χ4v) is 1.49. The van der Waals surface area contributed by atoms with E-state index in [1.54, 1.807) is 6.92 Å². The molecule has 0 atom stereocenters. The monoisotopic (exact) mass is 228 g/mol. The van der Waals surface area contributed by atoms with Gasteiger partial charge < -0.3 is 10.2 Å². The average Bonchev–Trinajstić information content (AvgIpc) is 2.28. The van der Waals surface area contributed by atoms with Gasteiger partial charge in [0.1, 0.15) is 0 Å². The average molecular weight is 228 g/mol. The summed E-state index contributed by atoms with van der Waals surface area (Å²) in [6.07, 6.45) is 2.84. The highest BCUT2D eigenvalue weighted by Gasteiger charge is 2.11. The van der Waals surface area contributed by atoms with Crippen molar-refractivity contribution in [2.24, 2.45) is 0 Å². The van der Waals surface area contributed by atoms with Gasteiger partial charge in [-0.25, -0.2) is 0 Å². The van der Waals surface area contributed by atoms with Crippen LogP contribution >= 0.6 is 0 Å². The topological polar surface area (TPSA) is 49.4 Å². The molecule has 0 saturated carbocycles. The quantitative estimate of drug-likeness (QED) is 0.685. The highest BCUT2D eigenvalue weighted by atomic mass is 16.2. The molecule has 0 aliphatic heterocycles. The van der Waals surface area contributed by atoms with Crippen LogP contribution in [0.5, 0.6) is 0 Å². The van der Waals surface area contributed by atoms with Gasteiger partial charge in [0.25, 0.3) is 0 Å². The van der Waals surface area contributed by atoms with E-state index in [-0.39, 0.29) is 11.8 Å². The minimum atomic E-state index is 0.00494. The molecule has 0 heterocycles. The van der Waals surface area contributed by atoms with Gasteiger partial charge in [-0.1, -0.05) is 20.8 Å². The van der Waals surface area contributed by atoms with Crippen LogP contribution in [-0.2, 0) is 9.59 Å². The standard InChI is InChI=1S/C12H24N2O2/c1-4-9-14(10-5-2)12(16)7-8-13-11(15)6-3/h4-10H2,1-3H3,(H,13,15). The lowest BCUT2D eigenvalue weighted by Crippen LogP contribution is -2.35. The molecule has 0 unspecified atom stereocenters. The van der Waals surface area contributed by atoms with E-state index in [2.05, 4.69) is 19.2 Å². The third-order valence-corrected chi connectivity index (χ3v) is 2.32. The number of amides is 2. The molecule has 16 heavy (non-hydrogen) atoms. The molecule has 0 aromatic heterocycles. The predicted molar refractivity (Wildman–Crippen MR) is 65.1 cm³/mol. The summed E-state index contributed by atoms with van der Waals surface area (Å²) in [7, 11) is 0. The Morgan fingerprint density at radius 2 is 1.62 bits per heavy atom. The molecule has 0 aromatic rings. The fourth-order valence-electron chi connectivity index (χ4n) is 1.49. The van der Waals surface area contributed by atoms with Gasteiger partial charge in [0, 0.05) is 32.5 Å². The molecule has 0 radical (unpaired) electrons. The Morgan fingerprint density at radius 3 is 2.06 bits per heavy atom. The molecule has 94 valence electrons. The van der Waals surface area contributed by atoms with E-state index < -0.39 is 0 Å². The van der Waals surface area contributed by atoms with Crippen LogP contribution in [0.4, 0.5) is 0 Å². The maximum absolute atomic E-state index is 11.8. The van der Waals surface area contributed by atoms with E-state index in [0.717, 1.165) is 25.9 Å². The first-order chi connectivity index (χ1) is 7.65. The minimum absolute atomic E-state index is 0.00494. The van der Waals surface area contributed by atoms with Crippen molar-refractivity contribution in [3.05, 3.63) is 0 Å². The van der Waals surface area contributed by atoms with E-state index in [1.165, 1.54) is 0 Å². The Labute approximate surface area is 98.4 Å². The summed E-state index contributed by atoms with van der Waals surface area (Å²) in [5, 5.41) is 2.72. The molecule has 0 aromatic carbocycles. The zero-order chi connectivity index (χ0) is 12.4. The Morgan fingerprint density at radius 1 is 1.06 bits per heavy atom. The summed E-state index contributed by atoms with van der Waals surface area (Å²) in [6.45, 7) is 8.01. The Balaban J connectivity index is 3.86. The zero-order valence-electron chi connectivity index (χ0n) is 10.7. The van der Waals surface area contributed by atoms with Gasteiger partial charge in [-0.15, -0.1) is 0 Å². The van der Waals surface area contributed by atoms with Crippen molar-refractivity contribution in [1.82, 2.24) is 10.2 Å². The molecular weight excluding hydrogens is 204 g/mol. The second-order valence-corrected chi connectivity index (χ2v) is 3.83. The number of nitrogens with zero attached hydrogens (tertiary/aromatic N) is 1. The second-order valence-electron chi connectivity index (χ2n) is 3.83. The van der Waals surface area contributed by atoms with Gasteiger partial charge in [-0.05, 0) is 12.8 Å². The Kier molecular flexibility index (Phi) is 8.58. The molecule has 4 nitrogen and oxygen atoms in total. The van der Waals surface area contributed by atoms with Crippen molar-refractivity contribution >= 4 is 11.8 Å². The SMILES string of the molecule is CCCN(CCC)C(=O)CCNC(=O)CC. The van der Waals surface area contributed by atoms with Crippen LogP contribution in [0.15, 0.2) is 0 Å². The van der Waals surface area contributed by atoms with Crippen molar-refractivity contribution in [1.29, 1.82) is 0 Å². The molecule has 0 aliphatic carbocycles. The third kappa shape index (κ3) is 6.43. The van der Waals surface area contributed by atoms with E-state index in [9.17, 15) is 9.59 Å². The summed E-state index contributed by atoms with van der Waals surface area (Å²) >= 11 is 0. The lowest BCUT2D eigenvalue weighted by atomic mass is 10.3. The lowest BCUT2D eigenvalue weighted by Gasteiger charge is -2.21. The summed E-state index contributed by atoms with van der Waals surface area (Å²) < 4.78 is 0. The van der Waals surface area contributed by atoms with Gasteiger partial charge >= 0.3 is 0 Å². The minimum Gasteiger partial charge on any atom is -0.356 e. The molecule has 0 bridgehead atoms. The molecule has 0 fully saturated rings. The van der Waals surface area contributed by atoms with Crippen LogP contribution in [0, 0.1) is 0 Å². The van der Waals surface area contributed by atoms with Crippen LogP contribution in [0.2, 0.25) is 0 Å². The number of hydrogen-bond donors (Lipinski definition) is 1. The molecule has 0 aliphatic rings. The number of carbonyl (C=O) groups is 2. The summed E-state index contributed by atoms with van der Waals surface area (Å²) in [5.41, 5.74) is 0. The first-order valence-electron chi connectivity index (χ1n) is 6.20. The first-order valence-corrected chi connectivity index (χ1v) is 6.20. The largest absolute Gasteiger partial charge is 0.356 e. The summed E-state index contributed by atoms with van der Waals surface area (Å²) in [6, 6.07) is 0. The highest BCUT2D eigenvalue weighted by Crippen LogP contribution is 1.98. The summed E-state index contributed by atoms with van der Waals surface area (Å²) in [4.78, 5) is 24.6. The van der Waals surface area contributed by atoms with E-state index in [0.29, 0.717) is 19.4 Å². The van der Waals surface area contributed by atoms with Gasteiger partial charge in [-0.2, -0.15) is 0 Å². The maximum Gasteiger partial charge on any atom is 0.224 e. The van der Waals surface area contributed by atoms with Crippen LogP contribution in [0.1, 0.15) is 46.5 Å². The second kappa shape index (κ2) is 9.19. The van der Waals surface area contributed by atoms with Crippen LogP contribution in [0.3, 0.4) is 0 Å². The van der Waals surface area contributed by atoms with Crippen molar-refractivity contribution in [3.63, 3.8) is 0 Å². The normalized spacial score (nSPS) is 9.94. The molecule has 2 amide bonds. The smallest absolute Gasteiger partial charge is 0.224 e. The third-order valence-electron chi connectivity index (χ3n) is 2.32. The van der Waals surface area contributed by atoms with Gasteiger partial charge in [0.2, 0.25) is 11.8 Å². The van der Waals surface area contributed by atoms with E-state index >= 15 is 0 Å². The van der Waals surface area contributed by atoms with Crippen LogP contribution in [-0.4, -0.2) is 36.3 Å². The Hall–Kier alpha value is -1.06. The number of nitrogens with one attached hydrogen (secondary N) is 1. The van der Waals surface area contributed by atoms with Gasteiger partial charge in [0.15, 0.2) is 0 Å². The van der Waals surface area contributed by atoms with Crippen molar-refractivity contribution in [2.45, 2.75) is 46.5 Å². The fraction of sp³-hybridized carbons (Fsp3) is 0.833. The Bertz CT molecular complexity index is 211. The molecule has 0 rings (SSSR count). The lowest BCUT2D eigenvalue weighted by molar-refractivity contribution is -0.131. The molecule has 0 saturated heterocycles.